The highest BCUT2D eigenvalue weighted by Crippen LogP contribution is 2.49. The van der Waals surface area contributed by atoms with Crippen LogP contribution in [0.3, 0.4) is 0 Å². The molecular weight excluding hydrogens is 363 g/mol. The lowest BCUT2D eigenvalue weighted by Gasteiger charge is -2.12. The zero-order valence-corrected chi connectivity index (χ0v) is 15.1. The second-order valence-electron chi connectivity index (χ2n) is 7.14. The molecule has 28 heavy (non-hydrogen) atoms. The first-order valence-corrected chi connectivity index (χ1v) is 9.00. The summed E-state index contributed by atoms with van der Waals surface area (Å²) in [6.45, 7) is 1.87. The maximum Gasteiger partial charge on any atom is 0.236 e. The summed E-state index contributed by atoms with van der Waals surface area (Å²) in [6.07, 6.45) is 1.33. The van der Waals surface area contributed by atoms with Crippen molar-refractivity contribution in [1.29, 1.82) is 0 Å². The number of fused-ring (bicyclic) bond motifs is 1. The van der Waals surface area contributed by atoms with Crippen LogP contribution in [0.15, 0.2) is 47.0 Å². The van der Waals surface area contributed by atoms with Gasteiger partial charge in [0.25, 0.3) is 0 Å². The normalized spacial score (nSPS) is 16.1. The lowest BCUT2D eigenvalue weighted by Crippen LogP contribution is -2.28. The van der Waals surface area contributed by atoms with Gasteiger partial charge in [0.1, 0.15) is 5.82 Å². The van der Waals surface area contributed by atoms with Crippen LogP contribution in [0.4, 0.5) is 10.1 Å². The van der Waals surface area contributed by atoms with Crippen LogP contribution in [0.5, 0.6) is 11.5 Å². The maximum atomic E-state index is 13.8. The fraction of sp³-hybridized carbons (Fsp3) is 0.238. The number of anilines is 1. The molecule has 2 aliphatic rings. The third kappa shape index (κ3) is 2.70. The van der Waals surface area contributed by atoms with Crippen molar-refractivity contribution in [2.45, 2.75) is 25.2 Å². The number of halogens is 1. The van der Waals surface area contributed by atoms with Crippen LogP contribution in [0, 0.1) is 12.7 Å². The molecule has 142 valence electrons. The third-order valence-corrected chi connectivity index (χ3v) is 5.27. The summed E-state index contributed by atoms with van der Waals surface area (Å²) in [5, 5.41) is 6.93. The Morgan fingerprint density at radius 1 is 1.11 bits per heavy atom. The Morgan fingerprint density at radius 3 is 2.71 bits per heavy atom. The van der Waals surface area contributed by atoms with Gasteiger partial charge < -0.3 is 19.3 Å². The predicted molar refractivity (Wildman–Crippen MR) is 98.7 cm³/mol. The van der Waals surface area contributed by atoms with Crippen LogP contribution < -0.4 is 14.8 Å². The number of hydrogen-bond donors (Lipinski definition) is 1. The number of nitrogens with one attached hydrogen (secondary N) is 1. The van der Waals surface area contributed by atoms with Crippen molar-refractivity contribution in [2.75, 3.05) is 12.1 Å². The van der Waals surface area contributed by atoms with E-state index in [1.165, 1.54) is 6.07 Å². The molecule has 0 saturated heterocycles. The van der Waals surface area contributed by atoms with Gasteiger partial charge >= 0.3 is 0 Å². The average molecular weight is 380 g/mol. The Labute approximate surface area is 160 Å². The van der Waals surface area contributed by atoms with Crippen molar-refractivity contribution in [2.24, 2.45) is 0 Å². The first kappa shape index (κ1) is 16.8. The molecule has 1 aliphatic heterocycles. The number of benzene rings is 2. The minimum Gasteiger partial charge on any atom is -0.454 e. The Kier molecular flexibility index (Phi) is 3.65. The lowest BCUT2D eigenvalue weighted by atomic mass is 10.00. The minimum absolute atomic E-state index is 0.198. The maximum absolute atomic E-state index is 13.8. The first-order valence-electron chi connectivity index (χ1n) is 9.00. The van der Waals surface area contributed by atoms with E-state index in [4.69, 9.17) is 14.0 Å². The fourth-order valence-corrected chi connectivity index (χ4v) is 3.33. The largest absolute Gasteiger partial charge is 0.454 e. The van der Waals surface area contributed by atoms with Gasteiger partial charge in [0, 0.05) is 17.3 Å². The molecule has 0 unspecified atom stereocenters. The van der Waals surface area contributed by atoms with Gasteiger partial charge in [0.15, 0.2) is 17.3 Å². The van der Waals surface area contributed by atoms with Crippen LogP contribution in [-0.2, 0) is 10.2 Å². The molecular formula is C21H17FN2O4. The number of carbonyl (C=O) groups excluding carboxylic acids is 1. The molecule has 0 spiro atoms. The molecule has 1 fully saturated rings. The van der Waals surface area contributed by atoms with Crippen LogP contribution in [-0.4, -0.2) is 17.9 Å². The van der Waals surface area contributed by atoms with E-state index >= 15 is 0 Å². The topological polar surface area (TPSA) is 73.6 Å². The smallest absolute Gasteiger partial charge is 0.236 e. The number of ether oxygens (including phenoxy) is 2. The molecule has 0 atom stereocenters. The summed E-state index contributed by atoms with van der Waals surface area (Å²) >= 11 is 0. The molecule has 2 aromatic carbocycles. The number of aryl methyl sites for hydroxylation is 1. The molecule has 5 rings (SSSR count). The van der Waals surface area contributed by atoms with Crippen molar-refractivity contribution < 1.29 is 23.2 Å². The molecule has 6 nitrogen and oxygen atoms in total. The number of nitrogens with zero attached hydrogens (tertiary/aromatic N) is 1. The lowest BCUT2D eigenvalue weighted by molar-refractivity contribution is -0.118. The van der Waals surface area contributed by atoms with Gasteiger partial charge in [-0.3, -0.25) is 4.79 Å². The van der Waals surface area contributed by atoms with E-state index in [1.807, 2.05) is 18.2 Å². The Hall–Kier alpha value is -3.35. The predicted octanol–water partition coefficient (Wildman–Crippen LogP) is 4.19. The second kappa shape index (κ2) is 6.09. The zero-order chi connectivity index (χ0) is 19.3. The van der Waals surface area contributed by atoms with Crippen molar-refractivity contribution in [3.05, 3.63) is 59.5 Å². The van der Waals surface area contributed by atoms with Crippen LogP contribution in [0.2, 0.25) is 0 Å². The monoisotopic (exact) mass is 380 g/mol. The Bertz CT molecular complexity index is 1090. The van der Waals surface area contributed by atoms with Crippen LogP contribution in [0.25, 0.3) is 11.3 Å². The van der Waals surface area contributed by atoms with E-state index in [1.54, 1.807) is 25.1 Å². The quantitative estimate of drug-likeness (QED) is 0.735. The van der Waals surface area contributed by atoms with Crippen molar-refractivity contribution in [3.8, 4) is 22.8 Å². The molecule has 0 bridgehead atoms. The fourth-order valence-electron chi connectivity index (χ4n) is 3.33. The van der Waals surface area contributed by atoms with Crippen LogP contribution in [0.1, 0.15) is 24.1 Å². The van der Waals surface area contributed by atoms with E-state index in [-0.39, 0.29) is 18.5 Å². The Balaban J connectivity index is 1.38. The molecule has 1 saturated carbocycles. The Morgan fingerprint density at radius 2 is 1.93 bits per heavy atom. The SMILES string of the molecule is Cc1ccc(NC(=O)C2(c3cc(-c4ccc5c(c4)OCO5)on3)CC2)cc1F. The first-order chi connectivity index (χ1) is 13.5. The third-order valence-electron chi connectivity index (χ3n) is 5.27. The summed E-state index contributed by atoms with van der Waals surface area (Å²) < 4.78 is 29.9. The summed E-state index contributed by atoms with van der Waals surface area (Å²) in [6, 6.07) is 11.9. The number of amides is 1. The van der Waals surface area contributed by atoms with Gasteiger partial charge in [-0.05, 0) is 55.7 Å². The van der Waals surface area contributed by atoms with Crippen molar-refractivity contribution in [1.82, 2.24) is 5.16 Å². The van der Waals surface area contributed by atoms with Gasteiger partial charge in [-0.15, -0.1) is 0 Å². The van der Waals surface area contributed by atoms with Gasteiger partial charge in [-0.25, -0.2) is 4.39 Å². The molecule has 1 amide bonds. The van der Waals surface area contributed by atoms with E-state index in [9.17, 15) is 9.18 Å². The molecule has 3 aromatic rings. The molecule has 2 heterocycles. The van der Waals surface area contributed by atoms with E-state index in [2.05, 4.69) is 10.5 Å². The van der Waals surface area contributed by atoms with E-state index in [0.29, 0.717) is 47.0 Å². The highest BCUT2D eigenvalue weighted by atomic mass is 19.1. The van der Waals surface area contributed by atoms with Crippen molar-refractivity contribution in [3.63, 3.8) is 0 Å². The number of rotatable bonds is 4. The summed E-state index contributed by atoms with van der Waals surface area (Å²) in [4.78, 5) is 12.8. The highest BCUT2D eigenvalue weighted by Gasteiger charge is 2.53. The molecule has 1 aromatic heterocycles. The van der Waals surface area contributed by atoms with Gasteiger partial charge in [0.05, 0.1) is 11.1 Å². The highest BCUT2D eigenvalue weighted by molar-refractivity contribution is 6.01. The summed E-state index contributed by atoms with van der Waals surface area (Å²) in [5.74, 6) is 1.33. The van der Waals surface area contributed by atoms with Gasteiger partial charge in [0.2, 0.25) is 12.7 Å². The molecule has 0 radical (unpaired) electrons. The zero-order valence-electron chi connectivity index (χ0n) is 15.1. The van der Waals surface area contributed by atoms with Gasteiger partial charge in [-0.1, -0.05) is 11.2 Å². The minimum atomic E-state index is -0.737. The summed E-state index contributed by atoms with van der Waals surface area (Å²) in [5.41, 5.74) is 1.59. The average Bonchev–Trinajstić information content (AvgIpc) is 3.13. The van der Waals surface area contributed by atoms with E-state index in [0.717, 1.165) is 5.56 Å². The number of hydrogen-bond acceptors (Lipinski definition) is 5. The molecule has 1 N–H and O–H groups in total. The van der Waals surface area contributed by atoms with Crippen molar-refractivity contribution >= 4 is 11.6 Å². The van der Waals surface area contributed by atoms with Gasteiger partial charge in [-0.2, -0.15) is 0 Å². The second-order valence-corrected chi connectivity index (χ2v) is 7.14. The molecule has 7 heteroatoms. The molecule has 1 aliphatic carbocycles. The number of carbonyl (C=O) groups is 1. The van der Waals surface area contributed by atoms with E-state index < -0.39 is 5.41 Å². The summed E-state index contributed by atoms with van der Waals surface area (Å²) in [7, 11) is 0. The number of aromatic nitrogens is 1. The standard InChI is InChI=1S/C21H17FN2O4/c1-12-2-4-14(9-15(12)22)23-20(25)21(6-7-21)19-10-17(28-24-19)13-3-5-16-18(8-13)27-11-26-16/h2-5,8-10H,6-7,11H2,1H3,(H,23,25). The van der Waals surface area contributed by atoms with Crippen LogP contribution >= 0.6 is 0 Å².